The standard InChI is InChI=1S/C23H21FN4O4/c1-13(29)18-9-10-19(20(24)22(18)31)32-12-14-5-7-15(8-6-14)21(30)16-3-2-4-17(11-16)23-25-27-28-26-23/h2-11,21,27-28,30-31H,12H2,1H3,(H,25,26). The first-order chi connectivity index (χ1) is 15.4. The summed E-state index contributed by atoms with van der Waals surface area (Å²) in [5, 5.41) is 24.6. The highest BCUT2D eigenvalue weighted by atomic mass is 19.1. The topological polar surface area (TPSA) is 115 Å². The number of phenols is 1. The number of aliphatic hydroxyl groups excluding tert-OH is 1. The summed E-state index contributed by atoms with van der Waals surface area (Å²) < 4.78 is 19.7. The van der Waals surface area contributed by atoms with E-state index in [0.717, 1.165) is 11.1 Å². The van der Waals surface area contributed by atoms with Crippen LogP contribution in [0.3, 0.4) is 0 Å². The van der Waals surface area contributed by atoms with Crippen molar-refractivity contribution in [3.63, 3.8) is 0 Å². The van der Waals surface area contributed by atoms with Crippen molar-refractivity contribution in [1.29, 1.82) is 0 Å². The number of aliphatic hydroxyl groups is 1. The van der Waals surface area contributed by atoms with Crippen molar-refractivity contribution >= 4 is 11.6 Å². The molecule has 0 radical (unpaired) electrons. The van der Waals surface area contributed by atoms with E-state index in [0.29, 0.717) is 17.0 Å². The molecule has 0 bridgehead atoms. The van der Waals surface area contributed by atoms with Crippen molar-refractivity contribution in [1.82, 2.24) is 16.5 Å². The summed E-state index contributed by atoms with van der Waals surface area (Å²) in [6.07, 6.45) is -0.846. The Balaban J connectivity index is 1.44. The number of nitrogens with zero attached hydrogens (tertiary/aromatic N) is 1. The van der Waals surface area contributed by atoms with Crippen LogP contribution in [0.1, 0.15) is 45.6 Å². The second-order valence-corrected chi connectivity index (χ2v) is 7.21. The molecule has 1 heterocycles. The average molecular weight is 436 g/mol. The molecule has 0 aliphatic carbocycles. The van der Waals surface area contributed by atoms with Crippen LogP contribution in [0.2, 0.25) is 0 Å². The number of benzene rings is 3. The van der Waals surface area contributed by atoms with E-state index in [-0.39, 0.29) is 17.9 Å². The molecule has 5 N–H and O–H groups in total. The third kappa shape index (κ3) is 4.39. The number of rotatable bonds is 7. The Hall–Kier alpha value is -3.95. The molecule has 1 aliphatic heterocycles. The number of carbonyl (C=O) groups is 1. The van der Waals surface area contributed by atoms with Gasteiger partial charge in [0.25, 0.3) is 0 Å². The monoisotopic (exact) mass is 436 g/mol. The van der Waals surface area contributed by atoms with Crippen LogP contribution in [-0.4, -0.2) is 21.8 Å². The fourth-order valence-corrected chi connectivity index (χ4v) is 3.28. The molecular formula is C23H21FN4O4. The Morgan fingerprint density at radius 1 is 1.12 bits per heavy atom. The van der Waals surface area contributed by atoms with E-state index in [1.54, 1.807) is 24.3 Å². The summed E-state index contributed by atoms with van der Waals surface area (Å²) in [7, 11) is 0. The highest BCUT2D eigenvalue weighted by Crippen LogP contribution is 2.30. The maximum absolute atomic E-state index is 14.2. The summed E-state index contributed by atoms with van der Waals surface area (Å²) >= 11 is 0. The van der Waals surface area contributed by atoms with Gasteiger partial charge in [-0.05, 0) is 41.8 Å². The molecule has 3 aromatic rings. The number of nitrogens with one attached hydrogen (secondary N) is 3. The summed E-state index contributed by atoms with van der Waals surface area (Å²) in [4.78, 5) is 11.4. The van der Waals surface area contributed by atoms with E-state index in [2.05, 4.69) is 21.6 Å². The Bertz CT molecular complexity index is 1180. The zero-order valence-corrected chi connectivity index (χ0v) is 17.1. The van der Waals surface area contributed by atoms with Crippen molar-refractivity contribution in [2.45, 2.75) is 19.6 Å². The fraction of sp³-hybridized carbons (Fsp3) is 0.130. The van der Waals surface area contributed by atoms with Crippen molar-refractivity contribution in [2.75, 3.05) is 0 Å². The number of hydrazone groups is 1. The summed E-state index contributed by atoms with van der Waals surface area (Å²) in [6.45, 7) is 1.29. The minimum Gasteiger partial charge on any atom is -0.504 e. The van der Waals surface area contributed by atoms with Crippen molar-refractivity contribution in [2.24, 2.45) is 5.10 Å². The zero-order chi connectivity index (χ0) is 22.7. The van der Waals surface area contributed by atoms with Crippen LogP contribution in [-0.2, 0) is 6.61 Å². The van der Waals surface area contributed by atoms with Gasteiger partial charge in [0.15, 0.2) is 23.1 Å². The Morgan fingerprint density at radius 2 is 1.91 bits per heavy atom. The van der Waals surface area contributed by atoms with E-state index in [9.17, 15) is 19.4 Å². The van der Waals surface area contributed by atoms with Crippen molar-refractivity contribution in [3.05, 3.63) is 94.3 Å². The van der Waals surface area contributed by atoms with Gasteiger partial charge in [-0.25, -0.2) is 5.53 Å². The number of hydrogen-bond acceptors (Lipinski definition) is 8. The number of Topliss-reactive ketones (excluding diaryl/α,β-unsaturated/α-hetero) is 1. The number of phenolic OH excluding ortho intramolecular Hbond substituents is 1. The van der Waals surface area contributed by atoms with Crippen molar-refractivity contribution < 1.29 is 24.1 Å². The predicted octanol–water partition coefficient (Wildman–Crippen LogP) is 2.67. The molecule has 164 valence electrons. The summed E-state index contributed by atoms with van der Waals surface area (Å²) in [6, 6.07) is 17.0. The van der Waals surface area contributed by atoms with E-state index in [1.165, 1.54) is 19.1 Å². The number of hydrogen-bond donors (Lipinski definition) is 5. The largest absolute Gasteiger partial charge is 0.504 e. The molecule has 0 aromatic heterocycles. The van der Waals surface area contributed by atoms with Crippen LogP contribution in [0.15, 0.2) is 65.8 Å². The zero-order valence-electron chi connectivity index (χ0n) is 17.1. The van der Waals surface area contributed by atoms with Gasteiger partial charge < -0.3 is 14.9 Å². The third-order valence-electron chi connectivity index (χ3n) is 5.03. The molecule has 1 unspecified atom stereocenters. The molecule has 4 rings (SSSR count). The second-order valence-electron chi connectivity index (χ2n) is 7.21. The van der Waals surface area contributed by atoms with E-state index in [1.807, 2.05) is 24.3 Å². The lowest BCUT2D eigenvalue weighted by Crippen LogP contribution is -2.35. The number of amidine groups is 1. The number of ketones is 1. The molecule has 0 fully saturated rings. The van der Waals surface area contributed by atoms with Gasteiger partial charge in [0.05, 0.1) is 5.56 Å². The van der Waals surface area contributed by atoms with Crippen LogP contribution in [0.4, 0.5) is 4.39 Å². The molecule has 1 atom stereocenters. The third-order valence-corrected chi connectivity index (χ3v) is 5.03. The molecule has 0 amide bonds. The van der Waals surface area contributed by atoms with Crippen LogP contribution in [0, 0.1) is 5.82 Å². The SMILES string of the molecule is CC(=O)c1ccc(OCc2ccc(C(O)c3cccc(C4=NNNN4)c3)cc2)c(F)c1O. The first-order valence-electron chi connectivity index (χ1n) is 9.80. The molecule has 8 nitrogen and oxygen atoms in total. The minimum atomic E-state index is -0.976. The van der Waals surface area contributed by atoms with Crippen LogP contribution in [0.25, 0.3) is 0 Å². The first-order valence-corrected chi connectivity index (χ1v) is 9.80. The molecule has 32 heavy (non-hydrogen) atoms. The van der Waals surface area contributed by atoms with Gasteiger partial charge in [-0.1, -0.05) is 42.5 Å². The number of carbonyl (C=O) groups excluding carboxylic acids is 1. The summed E-state index contributed by atoms with van der Waals surface area (Å²) in [5.74, 6) is -1.67. The van der Waals surface area contributed by atoms with Crippen LogP contribution in [0.5, 0.6) is 11.5 Å². The van der Waals surface area contributed by atoms with Crippen LogP contribution < -0.4 is 21.2 Å². The molecule has 9 heteroatoms. The van der Waals surface area contributed by atoms with Gasteiger partial charge in [0.2, 0.25) is 5.82 Å². The molecule has 3 aromatic carbocycles. The predicted molar refractivity (Wildman–Crippen MR) is 115 cm³/mol. The smallest absolute Gasteiger partial charge is 0.207 e. The van der Waals surface area contributed by atoms with Gasteiger partial charge in [-0.2, -0.15) is 4.39 Å². The van der Waals surface area contributed by atoms with E-state index in [4.69, 9.17) is 4.74 Å². The maximum atomic E-state index is 14.2. The van der Waals surface area contributed by atoms with E-state index >= 15 is 0 Å². The molecule has 0 saturated carbocycles. The van der Waals surface area contributed by atoms with Gasteiger partial charge in [0.1, 0.15) is 12.7 Å². The lowest BCUT2D eigenvalue weighted by atomic mass is 9.98. The quantitative estimate of drug-likeness (QED) is 0.362. The van der Waals surface area contributed by atoms with Gasteiger partial charge in [-0.15, -0.1) is 10.6 Å². The summed E-state index contributed by atoms with van der Waals surface area (Å²) in [5.41, 5.74) is 11.0. The molecule has 0 saturated heterocycles. The van der Waals surface area contributed by atoms with Crippen LogP contribution >= 0.6 is 0 Å². The van der Waals surface area contributed by atoms with Gasteiger partial charge >= 0.3 is 0 Å². The molecule has 1 aliphatic rings. The highest BCUT2D eigenvalue weighted by molar-refractivity contribution is 5.99. The molecule has 0 spiro atoms. The first kappa shape index (κ1) is 21.3. The van der Waals surface area contributed by atoms with Gasteiger partial charge in [0, 0.05) is 5.56 Å². The van der Waals surface area contributed by atoms with E-state index < -0.39 is 23.5 Å². The maximum Gasteiger partial charge on any atom is 0.207 e. The fourth-order valence-electron chi connectivity index (χ4n) is 3.28. The average Bonchev–Trinajstić information content (AvgIpc) is 3.35. The number of aromatic hydroxyl groups is 1. The minimum absolute atomic E-state index is 0.0487. The molecular weight excluding hydrogens is 415 g/mol. The highest BCUT2D eigenvalue weighted by Gasteiger charge is 2.17. The normalized spacial score (nSPS) is 13.7. The number of ether oxygens (including phenoxy) is 1. The Labute approximate surface area is 183 Å². The van der Waals surface area contributed by atoms with Crippen molar-refractivity contribution in [3.8, 4) is 11.5 Å². The second kappa shape index (κ2) is 9.04. The Kier molecular flexibility index (Phi) is 6.02. The lowest BCUT2D eigenvalue weighted by molar-refractivity contribution is 0.101. The van der Waals surface area contributed by atoms with Gasteiger partial charge in [-0.3, -0.25) is 10.2 Å². The lowest BCUT2D eigenvalue weighted by Gasteiger charge is -2.14. The number of hydrazine groups is 2. The Morgan fingerprint density at radius 3 is 2.59 bits per heavy atom. The number of halogens is 1.